The average Bonchev–Trinajstić information content (AvgIpc) is 3.36. The molecule has 27 heavy (non-hydrogen) atoms. The Bertz CT molecular complexity index is 700. The van der Waals surface area contributed by atoms with Gasteiger partial charge in [0.25, 0.3) is 0 Å². The second-order valence-electron chi connectivity index (χ2n) is 7.20. The fourth-order valence-electron chi connectivity index (χ4n) is 3.72. The first kappa shape index (κ1) is 19.9. The minimum atomic E-state index is 0.184. The number of aliphatic hydroxyl groups excluding tert-OH is 1. The standard InChI is InChI=1S/C20H30N4O2S/c1-2-21-19(23-15-20(10-11-25)8-4-3-5-9-20)22-13-16-14-26-18(24-16)17-7-6-12-27-17/h6-7,12,14,25H,2-5,8-11,13,15H2,1H3,(H2,21,22,23). The fraction of sp³-hybridized carbons (Fsp3) is 0.600. The topological polar surface area (TPSA) is 82.7 Å². The summed E-state index contributed by atoms with van der Waals surface area (Å²) in [7, 11) is 0. The summed E-state index contributed by atoms with van der Waals surface area (Å²) in [5.41, 5.74) is 1.00. The van der Waals surface area contributed by atoms with Crippen LogP contribution in [0.15, 0.2) is 33.2 Å². The molecule has 1 fully saturated rings. The fourth-order valence-corrected chi connectivity index (χ4v) is 4.38. The van der Waals surface area contributed by atoms with Gasteiger partial charge in [0.15, 0.2) is 5.96 Å². The van der Waals surface area contributed by atoms with Crippen LogP contribution in [0.25, 0.3) is 10.8 Å². The average molecular weight is 391 g/mol. The number of nitrogens with zero attached hydrogens (tertiary/aromatic N) is 2. The zero-order chi connectivity index (χ0) is 19.0. The number of hydrogen-bond donors (Lipinski definition) is 3. The number of rotatable bonds is 8. The van der Waals surface area contributed by atoms with Gasteiger partial charge in [0.2, 0.25) is 5.89 Å². The molecule has 7 heteroatoms. The van der Waals surface area contributed by atoms with Gasteiger partial charge in [-0.05, 0) is 43.0 Å². The molecule has 0 radical (unpaired) electrons. The van der Waals surface area contributed by atoms with E-state index < -0.39 is 0 Å². The molecule has 1 saturated carbocycles. The van der Waals surface area contributed by atoms with Gasteiger partial charge in [-0.15, -0.1) is 11.3 Å². The molecule has 3 rings (SSSR count). The number of oxazole rings is 1. The molecule has 6 nitrogen and oxygen atoms in total. The van der Waals surface area contributed by atoms with Crippen molar-refractivity contribution in [1.29, 1.82) is 0 Å². The van der Waals surface area contributed by atoms with Crippen molar-refractivity contribution in [2.75, 3.05) is 19.7 Å². The Kier molecular flexibility index (Phi) is 7.29. The highest BCUT2D eigenvalue weighted by molar-refractivity contribution is 7.13. The molecule has 2 aromatic heterocycles. The van der Waals surface area contributed by atoms with E-state index in [1.54, 1.807) is 17.6 Å². The summed E-state index contributed by atoms with van der Waals surface area (Å²) >= 11 is 1.61. The molecule has 2 aromatic rings. The van der Waals surface area contributed by atoms with Crippen molar-refractivity contribution in [2.24, 2.45) is 10.4 Å². The summed E-state index contributed by atoms with van der Waals surface area (Å²) in [6.45, 7) is 4.43. The van der Waals surface area contributed by atoms with E-state index in [1.165, 1.54) is 32.1 Å². The maximum Gasteiger partial charge on any atom is 0.236 e. The molecule has 1 aliphatic carbocycles. The Balaban J connectivity index is 1.60. The number of aliphatic hydroxyl groups is 1. The molecule has 0 atom stereocenters. The van der Waals surface area contributed by atoms with E-state index in [1.807, 2.05) is 17.5 Å². The quantitative estimate of drug-likeness (QED) is 0.472. The molecule has 148 valence electrons. The van der Waals surface area contributed by atoms with Crippen molar-refractivity contribution in [3.05, 3.63) is 29.5 Å². The Morgan fingerprint density at radius 2 is 2.19 bits per heavy atom. The van der Waals surface area contributed by atoms with E-state index in [0.29, 0.717) is 12.4 Å². The first-order chi connectivity index (χ1) is 13.2. The maximum absolute atomic E-state index is 9.49. The molecule has 0 aliphatic heterocycles. The maximum atomic E-state index is 9.49. The van der Waals surface area contributed by atoms with Crippen LogP contribution in [0.1, 0.15) is 51.1 Å². The van der Waals surface area contributed by atoms with Crippen molar-refractivity contribution >= 4 is 17.3 Å². The molecule has 3 N–H and O–H groups in total. The van der Waals surface area contributed by atoms with Gasteiger partial charge in [-0.2, -0.15) is 0 Å². The number of nitrogens with one attached hydrogen (secondary N) is 2. The summed E-state index contributed by atoms with van der Waals surface area (Å²) in [4.78, 5) is 10.2. The van der Waals surface area contributed by atoms with Crippen LogP contribution in [0.5, 0.6) is 0 Å². The van der Waals surface area contributed by atoms with Crippen molar-refractivity contribution in [1.82, 2.24) is 15.6 Å². The lowest BCUT2D eigenvalue weighted by Crippen LogP contribution is -2.44. The number of thiophene rings is 1. The summed E-state index contributed by atoms with van der Waals surface area (Å²) in [6, 6.07) is 3.99. The van der Waals surface area contributed by atoms with Gasteiger partial charge < -0.3 is 20.2 Å². The second kappa shape index (κ2) is 9.90. The number of guanidine groups is 1. The van der Waals surface area contributed by atoms with Crippen LogP contribution in [0.2, 0.25) is 0 Å². The molecule has 0 bridgehead atoms. The van der Waals surface area contributed by atoms with Crippen LogP contribution < -0.4 is 10.6 Å². The van der Waals surface area contributed by atoms with Gasteiger partial charge in [-0.3, -0.25) is 0 Å². The molecule has 0 aromatic carbocycles. The lowest BCUT2D eigenvalue weighted by molar-refractivity contribution is 0.131. The predicted molar refractivity (Wildman–Crippen MR) is 110 cm³/mol. The normalized spacial score (nSPS) is 17.0. The smallest absolute Gasteiger partial charge is 0.236 e. The summed E-state index contributed by atoms with van der Waals surface area (Å²) in [6.07, 6.45) is 8.68. The molecule has 0 amide bonds. The highest BCUT2D eigenvalue weighted by Crippen LogP contribution is 2.38. The van der Waals surface area contributed by atoms with E-state index in [0.717, 1.165) is 36.0 Å². The largest absolute Gasteiger partial charge is 0.443 e. The minimum absolute atomic E-state index is 0.184. The molecular weight excluding hydrogens is 360 g/mol. The van der Waals surface area contributed by atoms with Crippen molar-refractivity contribution in [2.45, 2.75) is 52.0 Å². The predicted octanol–water partition coefficient (Wildman–Crippen LogP) is 3.79. The molecular formula is C20H30N4O2S. The van der Waals surface area contributed by atoms with E-state index in [-0.39, 0.29) is 12.0 Å². The third kappa shape index (κ3) is 5.56. The van der Waals surface area contributed by atoms with Gasteiger partial charge in [-0.1, -0.05) is 25.3 Å². The van der Waals surface area contributed by atoms with Gasteiger partial charge in [0.05, 0.1) is 11.4 Å². The van der Waals surface area contributed by atoms with Gasteiger partial charge in [-0.25, -0.2) is 9.98 Å². The molecule has 0 saturated heterocycles. The van der Waals surface area contributed by atoms with Crippen molar-refractivity contribution < 1.29 is 9.52 Å². The van der Waals surface area contributed by atoms with Crippen LogP contribution in [0.4, 0.5) is 0 Å². The van der Waals surface area contributed by atoms with E-state index in [9.17, 15) is 5.11 Å². The van der Waals surface area contributed by atoms with Gasteiger partial charge in [0.1, 0.15) is 12.0 Å². The minimum Gasteiger partial charge on any atom is -0.443 e. The highest BCUT2D eigenvalue weighted by atomic mass is 32.1. The van der Waals surface area contributed by atoms with Crippen LogP contribution >= 0.6 is 11.3 Å². The lowest BCUT2D eigenvalue weighted by atomic mass is 9.72. The molecule has 0 unspecified atom stereocenters. The Morgan fingerprint density at radius 3 is 2.89 bits per heavy atom. The van der Waals surface area contributed by atoms with Crippen LogP contribution in [-0.4, -0.2) is 35.7 Å². The third-order valence-electron chi connectivity index (χ3n) is 5.21. The van der Waals surface area contributed by atoms with Crippen molar-refractivity contribution in [3.63, 3.8) is 0 Å². The SMILES string of the molecule is CCNC(=NCc1coc(-c2cccs2)n1)NCC1(CCO)CCCCC1. The van der Waals surface area contributed by atoms with Gasteiger partial charge in [0, 0.05) is 19.7 Å². The zero-order valence-electron chi connectivity index (χ0n) is 16.0. The lowest BCUT2D eigenvalue weighted by Gasteiger charge is -2.37. The number of aliphatic imine (C=N–C) groups is 1. The molecule has 2 heterocycles. The van der Waals surface area contributed by atoms with E-state index >= 15 is 0 Å². The van der Waals surface area contributed by atoms with Crippen LogP contribution in [0, 0.1) is 5.41 Å². The molecule has 1 aliphatic rings. The Hall–Kier alpha value is -1.86. The van der Waals surface area contributed by atoms with E-state index in [2.05, 4.69) is 27.5 Å². The third-order valence-corrected chi connectivity index (χ3v) is 6.07. The Morgan fingerprint density at radius 1 is 1.33 bits per heavy atom. The summed E-state index contributed by atoms with van der Waals surface area (Å²) in [5.74, 6) is 1.44. The highest BCUT2D eigenvalue weighted by Gasteiger charge is 2.31. The number of aromatic nitrogens is 1. The second-order valence-corrected chi connectivity index (χ2v) is 8.15. The first-order valence-corrected chi connectivity index (χ1v) is 10.7. The number of hydrogen-bond acceptors (Lipinski definition) is 5. The first-order valence-electron chi connectivity index (χ1n) is 9.86. The van der Waals surface area contributed by atoms with Crippen molar-refractivity contribution in [3.8, 4) is 10.8 Å². The van der Waals surface area contributed by atoms with Crippen LogP contribution in [-0.2, 0) is 6.54 Å². The van der Waals surface area contributed by atoms with E-state index in [4.69, 9.17) is 4.42 Å². The molecule has 0 spiro atoms. The Labute approximate surface area is 165 Å². The summed E-state index contributed by atoms with van der Waals surface area (Å²) < 4.78 is 5.57. The monoisotopic (exact) mass is 390 g/mol. The van der Waals surface area contributed by atoms with Crippen LogP contribution in [0.3, 0.4) is 0 Å². The van der Waals surface area contributed by atoms with Gasteiger partial charge >= 0.3 is 0 Å². The summed E-state index contributed by atoms with van der Waals surface area (Å²) in [5, 5.41) is 18.3. The zero-order valence-corrected chi connectivity index (χ0v) is 16.9.